The molecule has 1 aromatic heterocycles. The maximum absolute atomic E-state index is 12.0. The zero-order valence-electron chi connectivity index (χ0n) is 13.7. The van der Waals surface area contributed by atoms with E-state index in [9.17, 15) is 9.59 Å². The van der Waals surface area contributed by atoms with E-state index in [0.717, 1.165) is 5.56 Å². The second kappa shape index (κ2) is 8.76. The molecule has 7 heteroatoms. The van der Waals surface area contributed by atoms with Gasteiger partial charge in [-0.05, 0) is 24.1 Å². The van der Waals surface area contributed by atoms with Gasteiger partial charge in [-0.25, -0.2) is 9.78 Å². The molecule has 0 saturated carbocycles. The van der Waals surface area contributed by atoms with E-state index < -0.39 is 5.97 Å². The van der Waals surface area contributed by atoms with Crippen LogP contribution >= 0.6 is 11.3 Å². The lowest BCUT2D eigenvalue weighted by atomic mass is 10.1. The molecular formula is C18H17N3O3S. The Morgan fingerprint density at radius 2 is 2.12 bits per heavy atom. The minimum absolute atomic E-state index is 0.102. The number of nitrogens with one attached hydrogen (secondary N) is 1. The summed E-state index contributed by atoms with van der Waals surface area (Å²) in [5, 5.41) is 12.3. The molecule has 1 amide bonds. The van der Waals surface area contributed by atoms with Crippen molar-refractivity contribution in [2.24, 2.45) is 0 Å². The molecule has 2 rings (SSSR count). The molecule has 1 heterocycles. The van der Waals surface area contributed by atoms with Crippen molar-refractivity contribution in [3.8, 4) is 16.5 Å². The van der Waals surface area contributed by atoms with Crippen molar-refractivity contribution < 1.29 is 14.3 Å². The lowest BCUT2D eigenvalue weighted by Crippen LogP contribution is -2.22. The zero-order valence-corrected chi connectivity index (χ0v) is 14.6. The molecule has 6 nitrogen and oxygen atoms in total. The summed E-state index contributed by atoms with van der Waals surface area (Å²) in [5.74, 6) is -0.644. The van der Waals surface area contributed by atoms with E-state index in [2.05, 4.69) is 22.9 Å². The fourth-order valence-electron chi connectivity index (χ4n) is 2.06. The summed E-state index contributed by atoms with van der Waals surface area (Å²) in [6.07, 6.45) is 2.65. The van der Waals surface area contributed by atoms with Gasteiger partial charge in [0.1, 0.15) is 5.01 Å². The molecule has 0 aliphatic heterocycles. The summed E-state index contributed by atoms with van der Waals surface area (Å²) >= 11 is 1.31. The number of thiazole rings is 1. The van der Waals surface area contributed by atoms with E-state index in [1.165, 1.54) is 18.4 Å². The first-order valence-corrected chi connectivity index (χ1v) is 8.36. The molecule has 0 fully saturated rings. The molecule has 0 saturated heterocycles. The van der Waals surface area contributed by atoms with Crippen LogP contribution in [0.5, 0.6) is 0 Å². The van der Waals surface area contributed by atoms with Gasteiger partial charge in [-0.2, -0.15) is 5.26 Å². The van der Waals surface area contributed by atoms with Gasteiger partial charge in [0.05, 0.1) is 30.2 Å². The Bertz CT molecular complexity index is 819. The molecular weight excluding hydrogens is 338 g/mol. The molecule has 1 N–H and O–H groups in total. The van der Waals surface area contributed by atoms with Crippen LogP contribution in [0.3, 0.4) is 0 Å². The van der Waals surface area contributed by atoms with Gasteiger partial charge in [0, 0.05) is 6.42 Å². The second-order valence-electron chi connectivity index (χ2n) is 5.07. The third-order valence-electron chi connectivity index (χ3n) is 3.34. The summed E-state index contributed by atoms with van der Waals surface area (Å²) in [6.45, 7) is 3.82. The van der Waals surface area contributed by atoms with Crippen molar-refractivity contribution >= 4 is 23.2 Å². The van der Waals surface area contributed by atoms with E-state index in [1.54, 1.807) is 30.3 Å². The van der Waals surface area contributed by atoms with Crippen LogP contribution in [-0.4, -0.2) is 24.0 Å². The van der Waals surface area contributed by atoms with Gasteiger partial charge in [-0.3, -0.25) is 4.79 Å². The largest absolute Gasteiger partial charge is 0.464 e. The Morgan fingerprint density at radius 1 is 1.40 bits per heavy atom. The molecule has 0 aliphatic rings. The number of carbonyl (C=O) groups is 2. The van der Waals surface area contributed by atoms with Crippen molar-refractivity contribution in [3.05, 3.63) is 53.2 Å². The van der Waals surface area contributed by atoms with Crippen LogP contribution in [0.25, 0.3) is 10.4 Å². The van der Waals surface area contributed by atoms with Gasteiger partial charge in [-0.15, -0.1) is 17.9 Å². The minimum Gasteiger partial charge on any atom is -0.464 e. The third-order valence-corrected chi connectivity index (χ3v) is 4.44. The van der Waals surface area contributed by atoms with E-state index in [4.69, 9.17) is 10.00 Å². The van der Waals surface area contributed by atoms with Crippen LogP contribution in [-0.2, 0) is 16.1 Å². The van der Waals surface area contributed by atoms with E-state index in [1.807, 2.05) is 0 Å². The summed E-state index contributed by atoms with van der Waals surface area (Å²) < 4.78 is 4.79. The maximum Gasteiger partial charge on any atom is 0.358 e. The highest BCUT2D eigenvalue weighted by molar-refractivity contribution is 7.15. The molecule has 0 spiro atoms. The predicted octanol–water partition coefficient (Wildman–Crippen LogP) is 3.05. The Morgan fingerprint density at radius 3 is 2.72 bits per heavy atom. The number of ether oxygens (including phenoxy) is 1. The summed E-state index contributed by atoms with van der Waals surface area (Å²) in [5.41, 5.74) is 1.50. The number of amides is 1. The predicted molar refractivity (Wildman–Crippen MR) is 94.9 cm³/mol. The van der Waals surface area contributed by atoms with E-state index in [-0.39, 0.29) is 18.1 Å². The number of hydrogen-bond acceptors (Lipinski definition) is 6. The molecule has 25 heavy (non-hydrogen) atoms. The summed E-state index contributed by atoms with van der Waals surface area (Å²) in [7, 11) is 1.29. The molecule has 0 aliphatic carbocycles. The zero-order chi connectivity index (χ0) is 18.2. The topological polar surface area (TPSA) is 92.1 Å². The molecule has 0 radical (unpaired) electrons. The number of hydrogen-bond donors (Lipinski definition) is 1. The Labute approximate surface area is 149 Å². The van der Waals surface area contributed by atoms with Crippen LogP contribution in [0.2, 0.25) is 0 Å². The summed E-state index contributed by atoms with van der Waals surface area (Å²) in [6, 6.07) is 8.91. The molecule has 0 bridgehead atoms. The number of rotatable bonds is 7. The van der Waals surface area contributed by atoms with Crippen LogP contribution in [0, 0.1) is 11.3 Å². The molecule has 2 aromatic rings. The average Bonchev–Trinajstić information content (AvgIpc) is 3.08. The average molecular weight is 355 g/mol. The third kappa shape index (κ3) is 4.75. The summed E-state index contributed by atoms with van der Waals surface area (Å²) in [4.78, 5) is 28.6. The normalized spacial score (nSPS) is 9.92. The van der Waals surface area contributed by atoms with Gasteiger partial charge in [0.25, 0.3) is 0 Å². The molecule has 0 atom stereocenters. The Balaban J connectivity index is 2.24. The fourth-order valence-corrected chi connectivity index (χ4v) is 3.06. The van der Waals surface area contributed by atoms with Crippen LogP contribution in [0.4, 0.5) is 0 Å². The number of esters is 1. The van der Waals surface area contributed by atoms with E-state index >= 15 is 0 Å². The van der Waals surface area contributed by atoms with Crippen molar-refractivity contribution in [3.63, 3.8) is 0 Å². The SMILES string of the molecule is C=CCCC(=O)NCc1nc(C(=O)OC)c(-c2ccc(C#N)cc2)s1. The first-order valence-electron chi connectivity index (χ1n) is 7.55. The van der Waals surface area contributed by atoms with Gasteiger partial charge in [0.2, 0.25) is 5.91 Å². The van der Waals surface area contributed by atoms with Crippen LogP contribution < -0.4 is 5.32 Å². The molecule has 128 valence electrons. The number of nitrogens with zero attached hydrogens (tertiary/aromatic N) is 2. The fraction of sp³-hybridized carbons (Fsp3) is 0.222. The van der Waals surface area contributed by atoms with Crippen LogP contribution in [0.15, 0.2) is 36.9 Å². The lowest BCUT2D eigenvalue weighted by molar-refractivity contribution is -0.121. The van der Waals surface area contributed by atoms with Gasteiger partial charge < -0.3 is 10.1 Å². The lowest BCUT2D eigenvalue weighted by Gasteiger charge is -2.01. The number of aromatic nitrogens is 1. The molecule has 1 aromatic carbocycles. The quantitative estimate of drug-likeness (QED) is 0.609. The number of allylic oxidation sites excluding steroid dienone is 1. The van der Waals surface area contributed by atoms with Crippen molar-refractivity contribution in [1.29, 1.82) is 5.26 Å². The maximum atomic E-state index is 12.0. The Kier molecular flexibility index (Phi) is 6.43. The highest BCUT2D eigenvalue weighted by atomic mass is 32.1. The highest BCUT2D eigenvalue weighted by Gasteiger charge is 2.20. The number of methoxy groups -OCH3 is 1. The Hall–Kier alpha value is -2.98. The minimum atomic E-state index is -0.542. The smallest absolute Gasteiger partial charge is 0.358 e. The number of benzene rings is 1. The standard InChI is InChI=1S/C18H17N3O3S/c1-3-4-5-14(22)20-11-15-21-16(18(23)24-2)17(25-15)13-8-6-12(10-19)7-9-13/h3,6-9H,1,4-5,11H2,2H3,(H,20,22). The van der Waals surface area contributed by atoms with Gasteiger partial charge in [0.15, 0.2) is 5.69 Å². The van der Waals surface area contributed by atoms with Crippen molar-refractivity contribution in [2.75, 3.05) is 7.11 Å². The monoisotopic (exact) mass is 355 g/mol. The van der Waals surface area contributed by atoms with Gasteiger partial charge >= 0.3 is 5.97 Å². The molecule has 0 unspecified atom stereocenters. The first-order chi connectivity index (χ1) is 12.1. The van der Waals surface area contributed by atoms with Crippen LogP contribution in [0.1, 0.15) is 33.9 Å². The first kappa shape index (κ1) is 18.4. The van der Waals surface area contributed by atoms with Crippen molar-refractivity contribution in [1.82, 2.24) is 10.3 Å². The van der Waals surface area contributed by atoms with E-state index in [0.29, 0.717) is 28.3 Å². The second-order valence-corrected chi connectivity index (χ2v) is 6.15. The number of nitriles is 1. The number of carbonyl (C=O) groups excluding carboxylic acids is 2. The van der Waals surface area contributed by atoms with Crippen molar-refractivity contribution in [2.45, 2.75) is 19.4 Å². The van der Waals surface area contributed by atoms with Gasteiger partial charge in [-0.1, -0.05) is 18.2 Å². The highest BCUT2D eigenvalue weighted by Crippen LogP contribution is 2.31.